The van der Waals surface area contributed by atoms with Gasteiger partial charge in [-0.2, -0.15) is 4.37 Å². The second-order valence-corrected chi connectivity index (χ2v) is 10.3. The van der Waals surface area contributed by atoms with Gasteiger partial charge in [-0.05, 0) is 81.9 Å². The fourth-order valence-corrected chi connectivity index (χ4v) is 5.21. The zero-order chi connectivity index (χ0) is 24.8. The van der Waals surface area contributed by atoms with Crippen molar-refractivity contribution >= 4 is 38.6 Å². The number of benzene rings is 1. The summed E-state index contributed by atoms with van der Waals surface area (Å²) < 4.78 is 13.6. The van der Waals surface area contributed by atoms with Crippen molar-refractivity contribution < 1.29 is 9.53 Å². The number of aryl methyl sites for hydroxylation is 2. The first-order valence-electron chi connectivity index (χ1n) is 11.2. The van der Waals surface area contributed by atoms with Crippen LogP contribution in [0.15, 0.2) is 40.1 Å². The number of rotatable bonds is 5. The predicted octanol–water partition coefficient (Wildman–Crippen LogP) is 4.13. The number of pyridine rings is 1. The van der Waals surface area contributed by atoms with Gasteiger partial charge in [0.15, 0.2) is 5.52 Å². The lowest BCUT2D eigenvalue weighted by molar-refractivity contribution is -0.159. The summed E-state index contributed by atoms with van der Waals surface area (Å²) in [5, 5.41) is 0.997. The molecule has 4 aromatic rings. The van der Waals surface area contributed by atoms with E-state index in [9.17, 15) is 14.4 Å². The minimum atomic E-state index is -1.06. The van der Waals surface area contributed by atoms with Gasteiger partial charge in [-0.3, -0.25) is 9.36 Å². The average molecular weight is 481 g/mol. The molecule has 1 atom stereocenters. The molecule has 34 heavy (non-hydrogen) atoms. The number of carbonyl (C=O) groups excluding carboxylic acids is 1. The molecule has 1 aromatic carbocycles. The second kappa shape index (κ2) is 8.79. The number of nitrogens with zero attached hydrogens (tertiary/aromatic N) is 4. The highest BCUT2D eigenvalue weighted by Crippen LogP contribution is 2.28. The van der Waals surface area contributed by atoms with Crippen molar-refractivity contribution in [1.82, 2.24) is 18.5 Å². The van der Waals surface area contributed by atoms with Crippen LogP contribution in [0, 0.1) is 13.8 Å². The van der Waals surface area contributed by atoms with Crippen molar-refractivity contribution in [2.75, 3.05) is 0 Å². The lowest BCUT2D eigenvalue weighted by atomic mass is 10.1. The zero-order valence-electron chi connectivity index (χ0n) is 20.2. The van der Waals surface area contributed by atoms with Gasteiger partial charge in [0.05, 0.1) is 22.5 Å². The molecular formula is C25H28N4O4S. The molecule has 0 amide bonds. The second-order valence-electron chi connectivity index (χ2n) is 9.46. The summed E-state index contributed by atoms with van der Waals surface area (Å²) in [6.45, 7) is 11.2. The summed E-state index contributed by atoms with van der Waals surface area (Å²) in [7, 11) is 0. The Bertz CT molecular complexity index is 1520. The van der Waals surface area contributed by atoms with Crippen LogP contribution in [-0.4, -0.2) is 30.1 Å². The molecule has 0 N–H and O–H groups in total. The Kier molecular flexibility index (Phi) is 6.16. The molecular weight excluding hydrogens is 452 g/mol. The fourth-order valence-electron chi connectivity index (χ4n) is 4.24. The van der Waals surface area contributed by atoms with Crippen LogP contribution < -0.4 is 11.2 Å². The Morgan fingerprint density at radius 3 is 2.62 bits per heavy atom. The summed E-state index contributed by atoms with van der Waals surface area (Å²) >= 11 is 1.38. The molecule has 3 heterocycles. The number of aromatic nitrogens is 4. The number of hydrogen-bond acceptors (Lipinski definition) is 7. The van der Waals surface area contributed by atoms with Crippen molar-refractivity contribution in [3.8, 4) is 0 Å². The first-order chi connectivity index (χ1) is 16.0. The van der Waals surface area contributed by atoms with E-state index in [0.717, 1.165) is 31.5 Å². The first kappa shape index (κ1) is 23.8. The average Bonchev–Trinajstić information content (AvgIpc) is 3.15. The van der Waals surface area contributed by atoms with E-state index in [1.54, 1.807) is 39.8 Å². The van der Waals surface area contributed by atoms with E-state index in [2.05, 4.69) is 21.5 Å². The number of esters is 1. The van der Waals surface area contributed by atoms with Gasteiger partial charge in [-0.25, -0.2) is 19.1 Å². The van der Waals surface area contributed by atoms with E-state index in [1.807, 2.05) is 13.8 Å². The molecule has 0 saturated carbocycles. The van der Waals surface area contributed by atoms with Crippen molar-refractivity contribution in [3.63, 3.8) is 0 Å². The maximum Gasteiger partial charge on any atom is 0.332 e. The SMILES string of the molecule is CC[C@@H](C(=O)OC(C)(C)C)n1c(=O)c2ncccc2n(Cc2nsc3cc(C)cc(C)c23)c1=O. The van der Waals surface area contributed by atoms with Gasteiger partial charge >= 0.3 is 11.7 Å². The Morgan fingerprint density at radius 2 is 1.94 bits per heavy atom. The van der Waals surface area contributed by atoms with Crippen LogP contribution in [0.25, 0.3) is 21.1 Å². The topological polar surface area (TPSA) is 96.1 Å². The highest BCUT2D eigenvalue weighted by molar-refractivity contribution is 7.13. The highest BCUT2D eigenvalue weighted by Gasteiger charge is 2.30. The summed E-state index contributed by atoms with van der Waals surface area (Å²) in [5.74, 6) is -0.624. The highest BCUT2D eigenvalue weighted by atomic mass is 32.1. The Labute approximate surface area is 201 Å². The minimum absolute atomic E-state index is 0.121. The molecule has 0 aliphatic heterocycles. The third-order valence-corrected chi connectivity index (χ3v) is 6.44. The minimum Gasteiger partial charge on any atom is -0.458 e. The number of carbonyl (C=O) groups is 1. The molecule has 0 spiro atoms. The van der Waals surface area contributed by atoms with Crippen molar-refractivity contribution in [1.29, 1.82) is 0 Å². The fraction of sp³-hybridized carbons (Fsp3) is 0.400. The Hall–Kier alpha value is -3.33. The van der Waals surface area contributed by atoms with Crippen LogP contribution in [-0.2, 0) is 16.1 Å². The third kappa shape index (κ3) is 4.27. The molecule has 3 aromatic heterocycles. The summed E-state index contributed by atoms with van der Waals surface area (Å²) in [5.41, 5.74) is 1.53. The lowest BCUT2D eigenvalue weighted by Crippen LogP contribution is -2.46. The van der Waals surface area contributed by atoms with Gasteiger partial charge in [0.25, 0.3) is 5.56 Å². The van der Waals surface area contributed by atoms with Crippen LogP contribution in [0.5, 0.6) is 0 Å². The van der Waals surface area contributed by atoms with Crippen LogP contribution in [0.3, 0.4) is 0 Å². The van der Waals surface area contributed by atoms with E-state index >= 15 is 0 Å². The van der Waals surface area contributed by atoms with Gasteiger partial charge < -0.3 is 4.74 Å². The number of ether oxygens (including phenoxy) is 1. The lowest BCUT2D eigenvalue weighted by Gasteiger charge is -2.24. The summed E-state index contributed by atoms with van der Waals surface area (Å²) in [6.07, 6.45) is 1.73. The largest absolute Gasteiger partial charge is 0.458 e. The van der Waals surface area contributed by atoms with E-state index in [0.29, 0.717) is 5.52 Å². The molecule has 178 valence electrons. The Morgan fingerprint density at radius 1 is 1.21 bits per heavy atom. The summed E-state index contributed by atoms with van der Waals surface area (Å²) in [4.78, 5) is 44.3. The van der Waals surface area contributed by atoms with Crippen LogP contribution in [0.4, 0.5) is 0 Å². The van der Waals surface area contributed by atoms with Gasteiger partial charge in [0.2, 0.25) is 0 Å². The first-order valence-corrected chi connectivity index (χ1v) is 12.0. The number of hydrogen-bond donors (Lipinski definition) is 0. The van der Waals surface area contributed by atoms with Gasteiger partial charge in [-0.15, -0.1) is 0 Å². The van der Waals surface area contributed by atoms with Crippen LogP contribution in [0.1, 0.15) is 57.0 Å². The quantitative estimate of drug-likeness (QED) is 0.399. The molecule has 0 fully saturated rings. The smallest absolute Gasteiger partial charge is 0.332 e. The van der Waals surface area contributed by atoms with Gasteiger partial charge in [0, 0.05) is 11.6 Å². The zero-order valence-corrected chi connectivity index (χ0v) is 21.0. The monoisotopic (exact) mass is 480 g/mol. The number of fused-ring (bicyclic) bond motifs is 2. The molecule has 0 unspecified atom stereocenters. The van der Waals surface area contributed by atoms with Gasteiger partial charge in [-0.1, -0.05) is 13.0 Å². The molecule has 0 bridgehead atoms. The van der Waals surface area contributed by atoms with E-state index < -0.39 is 28.9 Å². The molecule has 4 rings (SSSR count). The third-order valence-electron chi connectivity index (χ3n) is 5.61. The predicted molar refractivity (Wildman–Crippen MR) is 134 cm³/mol. The molecule has 0 radical (unpaired) electrons. The molecule has 9 heteroatoms. The standard InChI is InChI=1S/C25H28N4O4S/c1-7-17(23(31)33-25(4,5)6)29-22(30)21-18(9-8-10-26-21)28(24(29)32)13-16-20-15(3)11-14(2)12-19(20)34-27-16/h8-12,17H,7,13H2,1-6H3/t17-/m0/s1. The molecule has 0 aliphatic rings. The molecule has 0 aliphatic carbocycles. The van der Waals surface area contributed by atoms with Crippen molar-refractivity contribution in [3.05, 3.63) is 68.1 Å². The summed E-state index contributed by atoms with van der Waals surface area (Å²) in [6, 6.07) is 6.46. The Balaban J connectivity index is 1.94. The normalized spacial score (nSPS) is 12.9. The van der Waals surface area contributed by atoms with E-state index in [1.165, 1.54) is 22.3 Å². The van der Waals surface area contributed by atoms with Gasteiger partial charge in [0.1, 0.15) is 11.6 Å². The van der Waals surface area contributed by atoms with E-state index in [4.69, 9.17) is 4.74 Å². The molecule has 8 nitrogen and oxygen atoms in total. The van der Waals surface area contributed by atoms with Crippen LogP contribution >= 0.6 is 11.5 Å². The molecule has 0 saturated heterocycles. The van der Waals surface area contributed by atoms with Crippen molar-refractivity contribution in [2.45, 2.75) is 66.2 Å². The maximum atomic E-state index is 13.7. The van der Waals surface area contributed by atoms with Crippen LogP contribution in [0.2, 0.25) is 0 Å². The van der Waals surface area contributed by atoms with Crippen molar-refractivity contribution in [2.24, 2.45) is 0 Å². The van der Waals surface area contributed by atoms with E-state index in [-0.39, 0.29) is 18.5 Å². The maximum absolute atomic E-state index is 13.7.